The van der Waals surface area contributed by atoms with Crippen molar-refractivity contribution in [2.24, 2.45) is 4.99 Å². The maximum atomic E-state index is 5.70. The van der Waals surface area contributed by atoms with Crippen LogP contribution in [0.2, 0.25) is 0 Å². The first-order valence-electron chi connectivity index (χ1n) is 9.64. The number of rotatable bonds is 10. The molecule has 2 aromatic rings. The van der Waals surface area contributed by atoms with E-state index in [9.17, 15) is 0 Å². The summed E-state index contributed by atoms with van der Waals surface area (Å²) in [5, 5.41) is 6.65. The quantitative estimate of drug-likeness (QED) is 0.364. The maximum absolute atomic E-state index is 5.70. The van der Waals surface area contributed by atoms with Crippen LogP contribution in [0.1, 0.15) is 31.4 Å². The highest BCUT2D eigenvalue weighted by atomic mass is 16.5. The van der Waals surface area contributed by atoms with Crippen LogP contribution in [0.4, 0.5) is 5.69 Å². The van der Waals surface area contributed by atoms with Gasteiger partial charge >= 0.3 is 0 Å². The fraction of sp³-hybridized carbons (Fsp3) is 0.409. The van der Waals surface area contributed by atoms with Gasteiger partial charge in [-0.15, -0.1) is 0 Å². The third kappa shape index (κ3) is 6.46. The molecule has 0 saturated heterocycles. The summed E-state index contributed by atoms with van der Waals surface area (Å²) in [4.78, 5) is 4.31. The highest BCUT2D eigenvalue weighted by Crippen LogP contribution is 2.30. The Kier molecular flexibility index (Phi) is 9.15. The summed E-state index contributed by atoms with van der Waals surface area (Å²) in [6.45, 7) is 6.67. The van der Waals surface area contributed by atoms with Crippen molar-refractivity contribution in [1.82, 2.24) is 5.32 Å². The van der Waals surface area contributed by atoms with Gasteiger partial charge in [0.05, 0.1) is 20.3 Å². The van der Waals surface area contributed by atoms with Crippen molar-refractivity contribution in [2.45, 2.75) is 33.4 Å². The number of nitrogens with one attached hydrogen (secondary N) is 2. The summed E-state index contributed by atoms with van der Waals surface area (Å²) in [5.41, 5.74) is 3.24. The van der Waals surface area contributed by atoms with Crippen LogP contribution in [-0.4, -0.2) is 33.3 Å². The molecule has 28 heavy (non-hydrogen) atoms. The molecule has 0 aliphatic heterocycles. The molecule has 0 radical (unpaired) electrons. The lowest BCUT2D eigenvalue weighted by atomic mass is 10.1. The molecule has 0 aliphatic carbocycles. The van der Waals surface area contributed by atoms with Gasteiger partial charge in [-0.25, -0.2) is 0 Å². The number of nitrogens with zero attached hydrogens (tertiary/aromatic N) is 1. The molecule has 0 heterocycles. The summed E-state index contributed by atoms with van der Waals surface area (Å²) in [5.74, 6) is 2.08. The highest BCUT2D eigenvalue weighted by Gasteiger charge is 2.08. The Hall–Kier alpha value is -2.73. The van der Waals surface area contributed by atoms with E-state index in [-0.39, 0.29) is 0 Å². The fourth-order valence-corrected chi connectivity index (χ4v) is 2.71. The van der Waals surface area contributed by atoms with Gasteiger partial charge in [0.2, 0.25) is 0 Å². The van der Waals surface area contributed by atoms with E-state index in [4.69, 9.17) is 14.2 Å². The molecule has 0 atom stereocenters. The number of aliphatic imine (C=N–C) groups is 1. The minimum absolute atomic E-state index is 0.573. The number of benzene rings is 2. The Morgan fingerprint density at radius 2 is 1.82 bits per heavy atom. The zero-order valence-electron chi connectivity index (χ0n) is 17.2. The van der Waals surface area contributed by atoms with Gasteiger partial charge < -0.3 is 24.8 Å². The van der Waals surface area contributed by atoms with Crippen molar-refractivity contribution in [1.29, 1.82) is 0 Å². The second kappa shape index (κ2) is 11.9. The number of hydrogen-bond donors (Lipinski definition) is 2. The molecule has 0 amide bonds. The third-order valence-corrected chi connectivity index (χ3v) is 4.12. The largest absolute Gasteiger partial charge is 0.493 e. The lowest BCUT2D eigenvalue weighted by Crippen LogP contribution is -2.30. The van der Waals surface area contributed by atoms with Gasteiger partial charge in [-0.1, -0.05) is 31.2 Å². The first-order chi connectivity index (χ1) is 13.7. The first kappa shape index (κ1) is 21.6. The molecule has 0 spiro atoms. The van der Waals surface area contributed by atoms with Gasteiger partial charge in [-0.3, -0.25) is 4.99 Å². The van der Waals surface area contributed by atoms with Gasteiger partial charge in [-0.2, -0.15) is 0 Å². The number of guanidine groups is 1. The third-order valence-electron chi connectivity index (χ3n) is 4.12. The Balaban J connectivity index is 2.01. The van der Waals surface area contributed by atoms with Crippen LogP contribution < -0.4 is 20.1 Å². The van der Waals surface area contributed by atoms with Gasteiger partial charge in [-0.05, 0) is 36.6 Å². The Morgan fingerprint density at radius 1 is 1.04 bits per heavy atom. The number of anilines is 1. The van der Waals surface area contributed by atoms with E-state index >= 15 is 0 Å². The van der Waals surface area contributed by atoms with E-state index in [1.54, 1.807) is 14.2 Å². The van der Waals surface area contributed by atoms with Crippen LogP contribution in [0.25, 0.3) is 0 Å². The second-order valence-corrected chi connectivity index (χ2v) is 6.17. The van der Waals surface area contributed by atoms with Crippen molar-refractivity contribution in [3.8, 4) is 11.5 Å². The minimum Gasteiger partial charge on any atom is -0.493 e. The predicted octanol–water partition coefficient (Wildman–Crippen LogP) is 4.21. The average Bonchev–Trinajstić information content (AvgIpc) is 2.72. The van der Waals surface area contributed by atoms with E-state index < -0.39 is 0 Å². The predicted molar refractivity (Wildman–Crippen MR) is 114 cm³/mol. The molecule has 152 valence electrons. The maximum Gasteiger partial charge on any atom is 0.195 e. The minimum atomic E-state index is 0.573. The van der Waals surface area contributed by atoms with E-state index in [0.29, 0.717) is 37.2 Å². The Morgan fingerprint density at radius 3 is 2.50 bits per heavy atom. The van der Waals surface area contributed by atoms with E-state index in [1.807, 2.05) is 37.3 Å². The first-order valence-corrected chi connectivity index (χ1v) is 9.64. The van der Waals surface area contributed by atoms with Crippen LogP contribution in [-0.2, 0) is 17.9 Å². The van der Waals surface area contributed by atoms with Crippen LogP contribution in [0.3, 0.4) is 0 Å². The van der Waals surface area contributed by atoms with E-state index in [0.717, 1.165) is 18.7 Å². The van der Waals surface area contributed by atoms with Gasteiger partial charge in [0, 0.05) is 32.0 Å². The monoisotopic (exact) mass is 385 g/mol. The Labute approximate surface area is 167 Å². The number of methoxy groups -OCH3 is 1. The van der Waals surface area contributed by atoms with Crippen molar-refractivity contribution in [3.05, 3.63) is 53.6 Å². The molecule has 0 bridgehead atoms. The molecular formula is C22H31N3O3. The summed E-state index contributed by atoms with van der Waals surface area (Å²) in [6.07, 6.45) is 1.02. The molecule has 2 N–H and O–H groups in total. The van der Waals surface area contributed by atoms with Gasteiger partial charge in [0.1, 0.15) is 0 Å². The standard InChI is InChI=1S/C22H31N3O3/c1-5-13-27-16-18-10-8-7-9-17(18)15-24-22(23-3)25-19-11-12-20(26-4)21(14-19)28-6-2/h7-12,14H,5-6,13,15-16H2,1-4H3,(H2,23,24,25). The molecule has 6 nitrogen and oxygen atoms in total. The summed E-state index contributed by atoms with van der Waals surface area (Å²) < 4.78 is 16.7. The lowest BCUT2D eigenvalue weighted by Gasteiger charge is -2.16. The SMILES string of the molecule is CCCOCc1ccccc1CNC(=NC)Nc1ccc(OC)c(OCC)c1. The fourth-order valence-electron chi connectivity index (χ4n) is 2.71. The van der Waals surface area contributed by atoms with Crippen LogP contribution in [0.5, 0.6) is 11.5 Å². The Bertz CT molecular complexity index is 762. The molecule has 0 fully saturated rings. The molecule has 2 rings (SSSR count). The van der Waals surface area contributed by atoms with Gasteiger partial charge in [0.25, 0.3) is 0 Å². The summed E-state index contributed by atoms with van der Waals surface area (Å²) in [7, 11) is 3.38. The molecule has 2 aromatic carbocycles. The average molecular weight is 386 g/mol. The van der Waals surface area contributed by atoms with Gasteiger partial charge in [0.15, 0.2) is 17.5 Å². The van der Waals surface area contributed by atoms with E-state index in [1.165, 1.54) is 11.1 Å². The zero-order valence-corrected chi connectivity index (χ0v) is 17.2. The lowest BCUT2D eigenvalue weighted by molar-refractivity contribution is 0.121. The molecular weight excluding hydrogens is 354 g/mol. The van der Waals surface area contributed by atoms with Crippen molar-refractivity contribution < 1.29 is 14.2 Å². The molecule has 0 saturated carbocycles. The molecule has 6 heteroatoms. The van der Waals surface area contributed by atoms with Crippen molar-refractivity contribution in [2.75, 3.05) is 32.7 Å². The van der Waals surface area contributed by atoms with Crippen LogP contribution in [0, 0.1) is 0 Å². The summed E-state index contributed by atoms with van der Waals surface area (Å²) in [6, 6.07) is 14.0. The number of hydrogen-bond acceptors (Lipinski definition) is 4. The summed E-state index contributed by atoms with van der Waals surface area (Å²) >= 11 is 0. The molecule has 0 aromatic heterocycles. The van der Waals surface area contributed by atoms with Crippen LogP contribution in [0.15, 0.2) is 47.5 Å². The number of ether oxygens (including phenoxy) is 3. The van der Waals surface area contributed by atoms with Crippen molar-refractivity contribution in [3.63, 3.8) is 0 Å². The molecule has 0 unspecified atom stereocenters. The highest BCUT2D eigenvalue weighted by molar-refractivity contribution is 5.93. The molecule has 0 aliphatic rings. The smallest absolute Gasteiger partial charge is 0.195 e. The van der Waals surface area contributed by atoms with E-state index in [2.05, 4.69) is 34.7 Å². The topological polar surface area (TPSA) is 64.1 Å². The normalized spacial score (nSPS) is 11.2. The van der Waals surface area contributed by atoms with Crippen LogP contribution >= 0.6 is 0 Å². The zero-order chi connectivity index (χ0) is 20.2. The van der Waals surface area contributed by atoms with Crippen molar-refractivity contribution >= 4 is 11.6 Å². The second-order valence-electron chi connectivity index (χ2n) is 6.17.